The van der Waals surface area contributed by atoms with Crippen LogP contribution >= 0.6 is 0 Å². The molecule has 1 aliphatic rings. The number of ether oxygens (including phenoxy) is 2. The van der Waals surface area contributed by atoms with E-state index in [-0.39, 0.29) is 0 Å². The number of fused-ring (bicyclic) bond motifs is 1. The SMILES string of the molecule is C=CCc1cc(C)c2c(c1)OCO2. The van der Waals surface area contributed by atoms with Crippen LogP contribution in [0.15, 0.2) is 24.8 Å². The van der Waals surface area contributed by atoms with Crippen LogP contribution in [0.4, 0.5) is 0 Å². The summed E-state index contributed by atoms with van der Waals surface area (Å²) in [4.78, 5) is 0. The van der Waals surface area contributed by atoms with Gasteiger partial charge in [-0.25, -0.2) is 0 Å². The van der Waals surface area contributed by atoms with Crippen molar-refractivity contribution in [2.75, 3.05) is 6.79 Å². The Labute approximate surface area is 77.8 Å². The van der Waals surface area contributed by atoms with E-state index in [0.717, 1.165) is 23.5 Å². The molecule has 1 aromatic rings. The fourth-order valence-corrected chi connectivity index (χ4v) is 1.54. The molecule has 2 nitrogen and oxygen atoms in total. The van der Waals surface area contributed by atoms with Gasteiger partial charge in [-0.3, -0.25) is 0 Å². The summed E-state index contributed by atoms with van der Waals surface area (Å²) in [5.41, 5.74) is 2.35. The van der Waals surface area contributed by atoms with Crippen molar-refractivity contribution < 1.29 is 9.47 Å². The number of aryl methyl sites for hydroxylation is 1. The van der Waals surface area contributed by atoms with E-state index >= 15 is 0 Å². The Balaban J connectivity index is 2.43. The van der Waals surface area contributed by atoms with Crippen molar-refractivity contribution in [2.45, 2.75) is 13.3 Å². The molecule has 2 heteroatoms. The molecule has 0 aromatic heterocycles. The van der Waals surface area contributed by atoms with Gasteiger partial charge in [-0.2, -0.15) is 0 Å². The molecule has 0 spiro atoms. The molecule has 0 bridgehead atoms. The lowest BCUT2D eigenvalue weighted by Crippen LogP contribution is -1.93. The first-order valence-electron chi connectivity index (χ1n) is 4.31. The molecule has 0 fully saturated rings. The summed E-state index contributed by atoms with van der Waals surface area (Å²) in [6.45, 7) is 6.08. The molecule has 0 aliphatic carbocycles. The summed E-state index contributed by atoms with van der Waals surface area (Å²) in [7, 11) is 0. The van der Waals surface area contributed by atoms with E-state index < -0.39 is 0 Å². The second kappa shape index (κ2) is 3.13. The molecule has 1 aliphatic heterocycles. The number of rotatable bonds is 2. The molecule has 13 heavy (non-hydrogen) atoms. The van der Waals surface area contributed by atoms with Crippen LogP contribution in [-0.4, -0.2) is 6.79 Å². The maximum Gasteiger partial charge on any atom is 0.231 e. The lowest BCUT2D eigenvalue weighted by Gasteiger charge is -2.03. The van der Waals surface area contributed by atoms with E-state index in [1.807, 2.05) is 19.1 Å². The van der Waals surface area contributed by atoms with Crippen molar-refractivity contribution in [3.8, 4) is 11.5 Å². The van der Waals surface area contributed by atoms with E-state index in [0.29, 0.717) is 6.79 Å². The molecule has 0 N–H and O–H groups in total. The molecule has 0 radical (unpaired) electrons. The smallest absolute Gasteiger partial charge is 0.231 e. The number of allylic oxidation sites excluding steroid dienone is 1. The first-order chi connectivity index (χ1) is 6.31. The summed E-state index contributed by atoms with van der Waals surface area (Å²) >= 11 is 0. The average molecular weight is 176 g/mol. The highest BCUT2D eigenvalue weighted by Crippen LogP contribution is 2.36. The standard InChI is InChI=1S/C11H12O2/c1-3-4-9-5-8(2)11-10(6-9)12-7-13-11/h3,5-6H,1,4,7H2,2H3. The van der Waals surface area contributed by atoms with Crippen molar-refractivity contribution >= 4 is 0 Å². The predicted molar refractivity (Wildman–Crippen MR) is 51.2 cm³/mol. The Morgan fingerprint density at radius 2 is 2.31 bits per heavy atom. The Kier molecular flexibility index (Phi) is 1.97. The number of benzene rings is 1. The monoisotopic (exact) mass is 176 g/mol. The van der Waals surface area contributed by atoms with Gasteiger partial charge in [0, 0.05) is 0 Å². The van der Waals surface area contributed by atoms with Crippen molar-refractivity contribution in [3.05, 3.63) is 35.9 Å². The summed E-state index contributed by atoms with van der Waals surface area (Å²) in [5.74, 6) is 1.74. The minimum absolute atomic E-state index is 0.341. The molecule has 0 atom stereocenters. The second-order valence-electron chi connectivity index (χ2n) is 3.14. The maximum atomic E-state index is 5.31. The van der Waals surface area contributed by atoms with E-state index in [1.54, 1.807) is 0 Å². The molecule has 0 saturated carbocycles. The molecule has 0 saturated heterocycles. The summed E-state index contributed by atoms with van der Waals surface area (Å²) in [5, 5.41) is 0. The fraction of sp³-hybridized carbons (Fsp3) is 0.273. The third-order valence-electron chi connectivity index (χ3n) is 2.10. The Hall–Kier alpha value is -1.44. The molecular formula is C11H12O2. The van der Waals surface area contributed by atoms with Crippen molar-refractivity contribution in [3.63, 3.8) is 0 Å². The van der Waals surface area contributed by atoms with Gasteiger partial charge < -0.3 is 9.47 Å². The molecule has 68 valence electrons. The van der Waals surface area contributed by atoms with Gasteiger partial charge >= 0.3 is 0 Å². The van der Waals surface area contributed by atoms with Gasteiger partial charge in [0.1, 0.15) is 0 Å². The fourth-order valence-electron chi connectivity index (χ4n) is 1.54. The molecule has 1 heterocycles. The lowest BCUT2D eigenvalue weighted by atomic mass is 10.1. The first-order valence-corrected chi connectivity index (χ1v) is 4.31. The van der Waals surface area contributed by atoms with E-state index in [1.165, 1.54) is 5.56 Å². The highest BCUT2D eigenvalue weighted by Gasteiger charge is 2.16. The number of hydrogen-bond donors (Lipinski definition) is 0. The number of hydrogen-bond acceptors (Lipinski definition) is 2. The third kappa shape index (κ3) is 1.39. The largest absolute Gasteiger partial charge is 0.454 e. The van der Waals surface area contributed by atoms with Crippen LogP contribution in [0.3, 0.4) is 0 Å². The maximum absolute atomic E-state index is 5.31. The van der Waals surface area contributed by atoms with Crippen LogP contribution in [0.2, 0.25) is 0 Å². The summed E-state index contributed by atoms with van der Waals surface area (Å²) < 4.78 is 10.6. The van der Waals surface area contributed by atoms with Gasteiger partial charge in [0.15, 0.2) is 11.5 Å². The van der Waals surface area contributed by atoms with E-state index in [9.17, 15) is 0 Å². The van der Waals surface area contributed by atoms with Crippen molar-refractivity contribution in [1.82, 2.24) is 0 Å². The Bertz CT molecular complexity index is 342. The highest BCUT2D eigenvalue weighted by atomic mass is 16.7. The van der Waals surface area contributed by atoms with Crippen LogP contribution in [-0.2, 0) is 6.42 Å². The van der Waals surface area contributed by atoms with Gasteiger partial charge in [0.25, 0.3) is 0 Å². The highest BCUT2D eigenvalue weighted by molar-refractivity contribution is 5.50. The molecule has 1 aromatic carbocycles. The molecular weight excluding hydrogens is 164 g/mol. The minimum Gasteiger partial charge on any atom is -0.454 e. The Morgan fingerprint density at radius 1 is 1.46 bits per heavy atom. The van der Waals surface area contributed by atoms with Gasteiger partial charge in [0.05, 0.1) is 0 Å². The van der Waals surface area contributed by atoms with Gasteiger partial charge in [-0.05, 0) is 30.5 Å². The van der Waals surface area contributed by atoms with Crippen molar-refractivity contribution in [1.29, 1.82) is 0 Å². The molecule has 0 amide bonds. The van der Waals surface area contributed by atoms with Crippen LogP contribution in [0.1, 0.15) is 11.1 Å². The van der Waals surface area contributed by atoms with Crippen LogP contribution in [0, 0.1) is 6.92 Å². The quantitative estimate of drug-likeness (QED) is 0.644. The van der Waals surface area contributed by atoms with Gasteiger partial charge in [-0.1, -0.05) is 12.1 Å². The zero-order valence-corrected chi connectivity index (χ0v) is 7.67. The average Bonchev–Trinajstić information content (AvgIpc) is 2.53. The van der Waals surface area contributed by atoms with Crippen molar-refractivity contribution in [2.24, 2.45) is 0 Å². The van der Waals surface area contributed by atoms with E-state index in [4.69, 9.17) is 9.47 Å². The van der Waals surface area contributed by atoms with Gasteiger partial charge in [-0.15, -0.1) is 6.58 Å². The second-order valence-corrected chi connectivity index (χ2v) is 3.14. The summed E-state index contributed by atoms with van der Waals surface area (Å²) in [6.07, 6.45) is 2.76. The van der Waals surface area contributed by atoms with Crippen LogP contribution < -0.4 is 9.47 Å². The van der Waals surface area contributed by atoms with E-state index in [2.05, 4.69) is 12.6 Å². The normalized spacial score (nSPS) is 13.0. The summed E-state index contributed by atoms with van der Waals surface area (Å²) in [6, 6.07) is 4.12. The Morgan fingerprint density at radius 3 is 3.08 bits per heavy atom. The first kappa shape index (κ1) is 8.17. The van der Waals surface area contributed by atoms with Crippen LogP contribution in [0.25, 0.3) is 0 Å². The molecule has 2 rings (SSSR count). The predicted octanol–water partition coefficient (Wildman–Crippen LogP) is 2.45. The topological polar surface area (TPSA) is 18.5 Å². The zero-order valence-electron chi connectivity index (χ0n) is 7.67. The minimum atomic E-state index is 0.341. The van der Waals surface area contributed by atoms with Crippen LogP contribution in [0.5, 0.6) is 11.5 Å². The zero-order chi connectivity index (χ0) is 9.26. The third-order valence-corrected chi connectivity index (χ3v) is 2.10. The van der Waals surface area contributed by atoms with Gasteiger partial charge in [0.2, 0.25) is 6.79 Å². The molecule has 0 unspecified atom stereocenters. The lowest BCUT2D eigenvalue weighted by molar-refractivity contribution is 0.173.